The molecule has 0 aliphatic rings. The highest BCUT2D eigenvalue weighted by Crippen LogP contribution is 2.17. The average Bonchev–Trinajstić information content (AvgIpc) is 3.09. The molecule has 0 aliphatic heterocycles. The van der Waals surface area contributed by atoms with Crippen LogP contribution in [0, 0.1) is 0 Å². The number of rotatable bonds is 6. The number of carbonyl (C=O) groups excluding carboxylic acids is 1. The Balaban J connectivity index is 1.61. The number of ether oxygens (including phenoxy) is 1. The fourth-order valence-electron chi connectivity index (χ4n) is 2.29. The first kappa shape index (κ1) is 15.7. The van der Waals surface area contributed by atoms with Crippen molar-refractivity contribution in [3.8, 4) is 5.75 Å². The Labute approximate surface area is 139 Å². The van der Waals surface area contributed by atoms with Gasteiger partial charge in [-0.3, -0.25) is 4.79 Å². The summed E-state index contributed by atoms with van der Waals surface area (Å²) < 4.78 is 10.7. The molecule has 1 amide bonds. The smallest absolute Gasteiger partial charge is 0.309 e. The summed E-state index contributed by atoms with van der Waals surface area (Å²) in [5.74, 6) is 0.667. The normalized spacial score (nSPS) is 10.4. The molecule has 1 heterocycles. The van der Waals surface area contributed by atoms with Gasteiger partial charge >= 0.3 is 11.8 Å². The topological polar surface area (TPSA) is 77.2 Å². The maximum absolute atomic E-state index is 12.1. The van der Waals surface area contributed by atoms with E-state index >= 15 is 0 Å². The van der Waals surface area contributed by atoms with E-state index in [1.165, 1.54) is 0 Å². The van der Waals surface area contributed by atoms with E-state index in [0.717, 1.165) is 11.1 Å². The number of carbonyl (C=O) groups is 1. The predicted octanol–water partition coefficient (Wildman–Crippen LogP) is 2.60. The molecular formula is C18H17N3O3. The Morgan fingerprint density at radius 1 is 1.08 bits per heavy atom. The second kappa shape index (κ2) is 7.41. The summed E-state index contributed by atoms with van der Waals surface area (Å²) in [5, 5.41) is 10.5. The van der Waals surface area contributed by atoms with E-state index in [0.29, 0.717) is 24.6 Å². The van der Waals surface area contributed by atoms with Crippen molar-refractivity contribution in [3.63, 3.8) is 0 Å². The van der Waals surface area contributed by atoms with Crippen molar-refractivity contribution in [3.05, 3.63) is 77.5 Å². The number of benzene rings is 2. The Kier molecular flexibility index (Phi) is 4.86. The molecule has 24 heavy (non-hydrogen) atoms. The highest BCUT2D eigenvalue weighted by molar-refractivity contribution is 5.89. The first-order valence-corrected chi connectivity index (χ1v) is 7.52. The van der Waals surface area contributed by atoms with Crippen LogP contribution in [-0.4, -0.2) is 23.2 Å². The number of hydrogen-bond donors (Lipinski definition) is 1. The Bertz CT molecular complexity index is 815. The monoisotopic (exact) mass is 323 g/mol. The lowest BCUT2D eigenvalue weighted by Crippen LogP contribution is -2.23. The maximum atomic E-state index is 12.1. The number of hydrogen-bond acceptors (Lipinski definition) is 5. The number of aromatic nitrogens is 2. The van der Waals surface area contributed by atoms with Gasteiger partial charge in [-0.2, -0.15) is 0 Å². The fraction of sp³-hybridized carbons (Fsp3) is 0.167. The van der Waals surface area contributed by atoms with E-state index in [1.54, 1.807) is 7.11 Å². The third kappa shape index (κ3) is 3.78. The first-order chi connectivity index (χ1) is 11.8. The minimum atomic E-state index is -0.410. The van der Waals surface area contributed by atoms with E-state index in [1.807, 2.05) is 54.6 Å². The van der Waals surface area contributed by atoms with Gasteiger partial charge in [0.2, 0.25) is 5.89 Å². The van der Waals surface area contributed by atoms with Gasteiger partial charge in [0.05, 0.1) is 13.5 Å². The van der Waals surface area contributed by atoms with Gasteiger partial charge < -0.3 is 14.5 Å². The third-order valence-electron chi connectivity index (χ3n) is 3.49. The van der Waals surface area contributed by atoms with Crippen molar-refractivity contribution in [1.29, 1.82) is 0 Å². The van der Waals surface area contributed by atoms with Crippen molar-refractivity contribution in [2.75, 3.05) is 7.11 Å². The van der Waals surface area contributed by atoms with E-state index in [-0.39, 0.29) is 5.89 Å². The van der Waals surface area contributed by atoms with Crippen molar-refractivity contribution in [2.24, 2.45) is 0 Å². The van der Waals surface area contributed by atoms with Crippen LogP contribution in [-0.2, 0) is 13.0 Å². The van der Waals surface area contributed by atoms with Gasteiger partial charge in [-0.25, -0.2) is 0 Å². The van der Waals surface area contributed by atoms with Gasteiger partial charge in [0.25, 0.3) is 0 Å². The number of para-hydroxylation sites is 1. The quantitative estimate of drug-likeness (QED) is 0.754. The summed E-state index contributed by atoms with van der Waals surface area (Å²) in [6.45, 7) is 0.319. The lowest BCUT2D eigenvalue weighted by atomic mass is 10.2. The van der Waals surface area contributed by atoms with Gasteiger partial charge in [0, 0.05) is 12.1 Å². The van der Waals surface area contributed by atoms with Crippen molar-refractivity contribution < 1.29 is 13.9 Å². The fourth-order valence-corrected chi connectivity index (χ4v) is 2.29. The summed E-state index contributed by atoms with van der Waals surface area (Å²) in [6.07, 6.45) is 0.494. The molecule has 6 nitrogen and oxygen atoms in total. The minimum absolute atomic E-state index is 0.0455. The molecule has 0 fully saturated rings. The second-order valence-corrected chi connectivity index (χ2v) is 5.16. The molecule has 3 rings (SSSR count). The van der Waals surface area contributed by atoms with Crippen LogP contribution < -0.4 is 10.1 Å². The summed E-state index contributed by atoms with van der Waals surface area (Å²) in [4.78, 5) is 12.1. The van der Waals surface area contributed by atoms with Gasteiger partial charge in [-0.15, -0.1) is 10.2 Å². The van der Waals surface area contributed by atoms with Crippen LogP contribution in [0.1, 0.15) is 27.7 Å². The molecule has 3 aromatic rings. The summed E-state index contributed by atoms with van der Waals surface area (Å²) in [7, 11) is 1.59. The van der Waals surface area contributed by atoms with Crippen LogP contribution in [0.5, 0.6) is 5.75 Å². The van der Waals surface area contributed by atoms with Gasteiger partial charge in [0.1, 0.15) is 5.75 Å². The highest BCUT2D eigenvalue weighted by atomic mass is 16.5. The number of nitrogens with one attached hydrogen (secondary N) is 1. The van der Waals surface area contributed by atoms with Crippen molar-refractivity contribution in [2.45, 2.75) is 13.0 Å². The van der Waals surface area contributed by atoms with Crippen LogP contribution >= 0.6 is 0 Å². The Morgan fingerprint density at radius 3 is 2.62 bits per heavy atom. The van der Waals surface area contributed by atoms with Gasteiger partial charge in [-0.1, -0.05) is 48.5 Å². The molecule has 0 saturated heterocycles. The van der Waals surface area contributed by atoms with Crippen LogP contribution in [0.3, 0.4) is 0 Å². The van der Waals surface area contributed by atoms with E-state index in [4.69, 9.17) is 9.15 Å². The molecule has 0 unspecified atom stereocenters. The second-order valence-electron chi connectivity index (χ2n) is 5.16. The predicted molar refractivity (Wildman–Crippen MR) is 87.7 cm³/mol. The highest BCUT2D eigenvalue weighted by Gasteiger charge is 2.15. The lowest BCUT2D eigenvalue weighted by molar-refractivity contribution is 0.0914. The van der Waals surface area contributed by atoms with E-state index in [9.17, 15) is 4.79 Å². The molecule has 1 aromatic heterocycles. The molecule has 0 bridgehead atoms. The number of amides is 1. The first-order valence-electron chi connectivity index (χ1n) is 7.52. The summed E-state index contributed by atoms with van der Waals surface area (Å²) in [6, 6.07) is 17.2. The molecule has 6 heteroatoms. The van der Waals surface area contributed by atoms with E-state index in [2.05, 4.69) is 15.5 Å². The van der Waals surface area contributed by atoms with Crippen LogP contribution in [0.25, 0.3) is 0 Å². The van der Waals surface area contributed by atoms with Gasteiger partial charge in [-0.05, 0) is 11.6 Å². The molecule has 0 radical (unpaired) electrons. The molecule has 122 valence electrons. The zero-order chi connectivity index (χ0) is 16.8. The van der Waals surface area contributed by atoms with Crippen molar-refractivity contribution in [1.82, 2.24) is 15.5 Å². The summed E-state index contributed by atoms with van der Waals surface area (Å²) >= 11 is 0. The molecule has 1 N–H and O–H groups in total. The molecule has 0 aliphatic carbocycles. The largest absolute Gasteiger partial charge is 0.496 e. The zero-order valence-corrected chi connectivity index (χ0v) is 13.2. The van der Waals surface area contributed by atoms with Crippen LogP contribution in [0.4, 0.5) is 0 Å². The molecular weight excluding hydrogens is 306 g/mol. The zero-order valence-electron chi connectivity index (χ0n) is 13.2. The molecule has 0 saturated carbocycles. The molecule has 0 spiro atoms. The maximum Gasteiger partial charge on any atom is 0.309 e. The molecule has 2 aromatic carbocycles. The number of methoxy groups -OCH3 is 1. The van der Waals surface area contributed by atoms with Crippen LogP contribution in [0.15, 0.2) is 59.0 Å². The Morgan fingerprint density at radius 2 is 1.83 bits per heavy atom. The average molecular weight is 323 g/mol. The number of nitrogens with zero attached hydrogens (tertiary/aromatic N) is 2. The van der Waals surface area contributed by atoms with E-state index < -0.39 is 5.91 Å². The lowest BCUT2D eigenvalue weighted by Gasteiger charge is -2.08. The standard InChI is InChI=1S/C18H17N3O3/c1-23-15-10-6-5-9-14(15)12-19-17(22)18-21-20-16(24-18)11-13-7-3-2-4-8-13/h2-10H,11-12H2,1H3,(H,19,22). The third-order valence-corrected chi connectivity index (χ3v) is 3.49. The van der Waals surface area contributed by atoms with Crippen LogP contribution in [0.2, 0.25) is 0 Å². The minimum Gasteiger partial charge on any atom is -0.496 e. The van der Waals surface area contributed by atoms with Crippen molar-refractivity contribution >= 4 is 5.91 Å². The Hall–Kier alpha value is -3.15. The summed E-state index contributed by atoms with van der Waals surface area (Å²) in [5.41, 5.74) is 1.92. The van der Waals surface area contributed by atoms with Gasteiger partial charge in [0.15, 0.2) is 0 Å². The SMILES string of the molecule is COc1ccccc1CNC(=O)c1nnc(Cc2ccccc2)o1. The molecule has 0 atom stereocenters.